The lowest BCUT2D eigenvalue weighted by molar-refractivity contribution is 0.0947. The summed E-state index contributed by atoms with van der Waals surface area (Å²) in [4.78, 5) is 16.6. The zero-order valence-corrected chi connectivity index (χ0v) is 15.4. The Bertz CT molecular complexity index is 1160. The number of rotatable bonds is 7. The summed E-state index contributed by atoms with van der Waals surface area (Å²) >= 11 is 0. The fourth-order valence-electron chi connectivity index (χ4n) is 2.45. The van der Waals surface area contributed by atoms with Gasteiger partial charge in [-0.2, -0.15) is 9.78 Å². The number of ether oxygens (including phenoxy) is 1. The van der Waals surface area contributed by atoms with Crippen molar-refractivity contribution in [2.45, 2.75) is 6.61 Å². The van der Waals surface area contributed by atoms with E-state index >= 15 is 0 Å². The van der Waals surface area contributed by atoms with Gasteiger partial charge in [0.15, 0.2) is 5.69 Å². The van der Waals surface area contributed by atoms with Gasteiger partial charge in [0.1, 0.15) is 18.1 Å². The number of anilines is 1. The van der Waals surface area contributed by atoms with Crippen molar-refractivity contribution >= 4 is 17.9 Å². The van der Waals surface area contributed by atoms with Crippen LogP contribution in [0.3, 0.4) is 0 Å². The molecule has 0 atom stereocenters. The molecule has 3 aromatic heterocycles. The average Bonchev–Trinajstić information content (AvgIpc) is 3.39. The van der Waals surface area contributed by atoms with Crippen molar-refractivity contribution in [3.63, 3.8) is 0 Å². The quantitative estimate of drug-likeness (QED) is 0.337. The van der Waals surface area contributed by atoms with E-state index in [0.29, 0.717) is 5.75 Å². The first kappa shape index (κ1) is 18.7. The third-order valence-corrected chi connectivity index (χ3v) is 3.86. The van der Waals surface area contributed by atoms with Gasteiger partial charge in [0.05, 0.1) is 6.21 Å². The van der Waals surface area contributed by atoms with Crippen molar-refractivity contribution in [2.75, 3.05) is 5.73 Å². The van der Waals surface area contributed by atoms with Crippen LogP contribution in [-0.4, -0.2) is 42.4 Å². The molecule has 3 N–H and O–H groups in total. The monoisotopic (exact) mass is 405 g/mol. The number of hydrogen-bond donors (Lipinski definition) is 2. The molecule has 0 aliphatic carbocycles. The zero-order chi connectivity index (χ0) is 20.8. The second-order valence-corrected chi connectivity index (χ2v) is 5.86. The number of nitrogen functional groups attached to an aromatic ring is 1. The molecule has 12 heteroatoms. The van der Waals surface area contributed by atoms with Crippen molar-refractivity contribution < 1.29 is 14.2 Å². The van der Waals surface area contributed by atoms with Gasteiger partial charge in [-0.15, -0.1) is 5.10 Å². The first-order valence-electron chi connectivity index (χ1n) is 8.66. The molecule has 0 saturated carbocycles. The van der Waals surface area contributed by atoms with Crippen LogP contribution in [0, 0.1) is 0 Å². The SMILES string of the molecule is Nc1nonc1-n1nnc(C(=O)N/N=C\c2cccnc2)c1COc1ccccc1. The van der Waals surface area contributed by atoms with Crippen molar-refractivity contribution in [1.29, 1.82) is 0 Å². The number of hydrogen-bond acceptors (Lipinski definition) is 10. The molecule has 0 bridgehead atoms. The summed E-state index contributed by atoms with van der Waals surface area (Å²) in [6.07, 6.45) is 4.69. The van der Waals surface area contributed by atoms with Gasteiger partial charge in [0, 0.05) is 18.0 Å². The predicted octanol–water partition coefficient (Wildman–Crippen LogP) is 0.970. The van der Waals surface area contributed by atoms with E-state index < -0.39 is 5.91 Å². The molecular formula is C18H15N9O3. The van der Waals surface area contributed by atoms with E-state index in [1.54, 1.807) is 36.7 Å². The Kier molecular flexibility index (Phi) is 5.37. The van der Waals surface area contributed by atoms with Crippen LogP contribution in [0.4, 0.5) is 5.82 Å². The summed E-state index contributed by atoms with van der Waals surface area (Å²) in [5, 5.41) is 19.0. The molecule has 0 spiro atoms. The molecule has 12 nitrogen and oxygen atoms in total. The third-order valence-electron chi connectivity index (χ3n) is 3.86. The molecule has 1 amide bonds. The molecule has 4 aromatic rings. The first-order valence-corrected chi connectivity index (χ1v) is 8.66. The summed E-state index contributed by atoms with van der Waals surface area (Å²) in [7, 11) is 0. The van der Waals surface area contributed by atoms with Crippen LogP contribution in [0.15, 0.2) is 64.6 Å². The van der Waals surface area contributed by atoms with Crippen LogP contribution in [0.1, 0.15) is 21.7 Å². The largest absolute Gasteiger partial charge is 0.487 e. The molecule has 30 heavy (non-hydrogen) atoms. The molecule has 0 aliphatic rings. The Morgan fingerprint density at radius 2 is 2.10 bits per heavy atom. The van der Waals surface area contributed by atoms with Gasteiger partial charge in [0.2, 0.25) is 11.6 Å². The van der Waals surface area contributed by atoms with Gasteiger partial charge in [-0.25, -0.2) is 10.1 Å². The van der Waals surface area contributed by atoms with E-state index in [-0.39, 0.29) is 29.6 Å². The van der Waals surface area contributed by atoms with E-state index in [2.05, 4.69) is 40.8 Å². The highest BCUT2D eigenvalue weighted by atomic mass is 16.6. The van der Waals surface area contributed by atoms with Crippen LogP contribution >= 0.6 is 0 Å². The van der Waals surface area contributed by atoms with Gasteiger partial charge < -0.3 is 10.5 Å². The van der Waals surface area contributed by atoms with E-state index in [4.69, 9.17) is 10.5 Å². The van der Waals surface area contributed by atoms with Gasteiger partial charge in [-0.3, -0.25) is 9.78 Å². The predicted molar refractivity (Wildman–Crippen MR) is 104 cm³/mol. The summed E-state index contributed by atoms with van der Waals surface area (Å²) in [5.41, 5.74) is 9.14. The van der Waals surface area contributed by atoms with E-state index in [9.17, 15) is 4.79 Å². The van der Waals surface area contributed by atoms with E-state index in [1.165, 1.54) is 10.9 Å². The Balaban J connectivity index is 1.58. The number of amides is 1. The summed E-state index contributed by atoms with van der Waals surface area (Å²) in [5.74, 6) is 0.0787. The number of pyridine rings is 1. The smallest absolute Gasteiger partial charge is 0.293 e. The van der Waals surface area contributed by atoms with Crippen LogP contribution in [0.5, 0.6) is 5.75 Å². The van der Waals surface area contributed by atoms with Crippen LogP contribution in [0.2, 0.25) is 0 Å². The number of benzene rings is 1. The number of carbonyl (C=O) groups is 1. The molecule has 150 valence electrons. The Morgan fingerprint density at radius 1 is 1.23 bits per heavy atom. The van der Waals surface area contributed by atoms with Crippen molar-refractivity contribution in [2.24, 2.45) is 5.10 Å². The van der Waals surface area contributed by atoms with Crippen molar-refractivity contribution in [3.05, 3.63) is 71.8 Å². The molecule has 0 radical (unpaired) electrons. The second-order valence-electron chi connectivity index (χ2n) is 5.86. The van der Waals surface area contributed by atoms with E-state index in [1.807, 2.05) is 18.2 Å². The molecule has 0 aliphatic heterocycles. The number of aromatic nitrogens is 6. The first-order chi connectivity index (χ1) is 14.7. The van der Waals surface area contributed by atoms with Gasteiger partial charge in [-0.05, 0) is 28.5 Å². The van der Waals surface area contributed by atoms with E-state index in [0.717, 1.165) is 5.56 Å². The number of nitrogens with two attached hydrogens (primary N) is 1. The minimum atomic E-state index is -0.594. The van der Waals surface area contributed by atoms with Crippen molar-refractivity contribution in [1.82, 2.24) is 35.7 Å². The Hall–Kier alpha value is -4.61. The highest BCUT2D eigenvalue weighted by molar-refractivity contribution is 5.94. The molecule has 0 fully saturated rings. The summed E-state index contributed by atoms with van der Waals surface area (Å²) in [6.45, 7) is -0.0433. The molecule has 4 rings (SSSR count). The number of nitrogens with zero attached hydrogens (tertiary/aromatic N) is 7. The minimum Gasteiger partial charge on any atom is -0.487 e. The van der Waals surface area contributed by atoms with Gasteiger partial charge in [-0.1, -0.05) is 29.5 Å². The lowest BCUT2D eigenvalue weighted by atomic mass is 10.3. The lowest BCUT2D eigenvalue weighted by Crippen LogP contribution is -2.21. The Labute approximate surface area is 169 Å². The topological polar surface area (TPSA) is 159 Å². The van der Waals surface area contributed by atoms with Crippen LogP contribution < -0.4 is 15.9 Å². The molecule has 3 heterocycles. The number of hydrazone groups is 1. The summed E-state index contributed by atoms with van der Waals surface area (Å²) in [6, 6.07) is 12.6. The van der Waals surface area contributed by atoms with Crippen LogP contribution in [0.25, 0.3) is 5.82 Å². The number of nitrogens with one attached hydrogen (secondary N) is 1. The number of carbonyl (C=O) groups excluding carboxylic acids is 1. The summed E-state index contributed by atoms with van der Waals surface area (Å²) < 4.78 is 11.6. The maximum absolute atomic E-state index is 12.6. The molecule has 1 aromatic carbocycles. The Morgan fingerprint density at radius 3 is 2.83 bits per heavy atom. The molecular weight excluding hydrogens is 390 g/mol. The second kappa shape index (κ2) is 8.60. The fourth-order valence-corrected chi connectivity index (χ4v) is 2.45. The van der Waals surface area contributed by atoms with Crippen molar-refractivity contribution in [3.8, 4) is 11.6 Å². The molecule has 0 unspecified atom stereocenters. The maximum Gasteiger partial charge on any atom is 0.293 e. The third kappa shape index (κ3) is 4.11. The zero-order valence-electron chi connectivity index (χ0n) is 15.4. The fraction of sp³-hybridized carbons (Fsp3) is 0.0556. The molecule has 0 saturated heterocycles. The lowest BCUT2D eigenvalue weighted by Gasteiger charge is -2.08. The standard InChI is InChI=1S/C18H15N9O3/c19-16-17(25-30-24-16)27-14(11-29-13-6-2-1-3-7-13)15(22-26-27)18(28)23-21-10-12-5-4-8-20-9-12/h1-10H,11H2,(H2,19,24)(H,23,28)/b21-10-. The highest BCUT2D eigenvalue weighted by Gasteiger charge is 2.24. The average molecular weight is 405 g/mol. The highest BCUT2D eigenvalue weighted by Crippen LogP contribution is 2.18. The number of para-hydroxylation sites is 1. The van der Waals surface area contributed by atoms with Gasteiger partial charge >= 0.3 is 0 Å². The minimum absolute atomic E-state index is 0.0117. The van der Waals surface area contributed by atoms with Crippen LogP contribution in [-0.2, 0) is 6.61 Å². The van der Waals surface area contributed by atoms with Gasteiger partial charge in [0.25, 0.3) is 5.91 Å². The normalized spacial score (nSPS) is 10.9. The maximum atomic E-state index is 12.6.